The van der Waals surface area contributed by atoms with Crippen LogP contribution >= 0.6 is 0 Å². The smallest absolute Gasteiger partial charge is 0.0569 e. The fraction of sp³-hybridized carbons (Fsp3) is 0.400. The van der Waals surface area contributed by atoms with Gasteiger partial charge >= 0.3 is 0 Å². The van der Waals surface area contributed by atoms with Gasteiger partial charge in [0.2, 0.25) is 9.79 Å². The van der Waals surface area contributed by atoms with Gasteiger partial charge in [-0.2, -0.15) is 0 Å². The van der Waals surface area contributed by atoms with E-state index >= 15 is 0 Å². The second kappa shape index (κ2) is 4.24. The van der Waals surface area contributed by atoms with E-state index in [0.717, 1.165) is 0 Å². The van der Waals surface area contributed by atoms with Crippen LogP contribution in [-0.4, -0.2) is 25.0 Å². The third kappa shape index (κ3) is 2.20. The van der Waals surface area contributed by atoms with E-state index in [-0.39, 0.29) is 0 Å². The Hall–Kier alpha value is -0.0800. The van der Waals surface area contributed by atoms with E-state index in [9.17, 15) is 0 Å². The van der Waals surface area contributed by atoms with Gasteiger partial charge in [0.05, 0.1) is 0 Å². The summed E-state index contributed by atoms with van der Waals surface area (Å²) in [6, 6.07) is 8.79. The number of rotatable bonds is 2. The molecule has 0 atom stereocenters. The minimum Gasteiger partial charge on any atom is -0.0569 e. The van der Waals surface area contributed by atoms with Crippen molar-refractivity contribution in [3.05, 3.63) is 24.3 Å². The summed E-state index contributed by atoms with van der Waals surface area (Å²) in [6.07, 6.45) is 9.13. The zero-order valence-electron chi connectivity index (χ0n) is 8.13. The predicted octanol–water partition coefficient (Wildman–Crippen LogP) is 2.16. The molecule has 0 amide bonds. The van der Waals surface area contributed by atoms with E-state index in [1.807, 2.05) is 0 Å². The van der Waals surface area contributed by atoms with Gasteiger partial charge in [-0.15, -0.1) is 0 Å². The van der Waals surface area contributed by atoms with Gasteiger partial charge in [-0.05, 0) is 12.1 Å². The summed E-state index contributed by atoms with van der Waals surface area (Å²) < 4.78 is 0. The van der Waals surface area contributed by atoms with Crippen LogP contribution in [0.15, 0.2) is 34.1 Å². The van der Waals surface area contributed by atoms with Gasteiger partial charge in [0.25, 0.3) is 0 Å². The van der Waals surface area contributed by atoms with Crippen LogP contribution in [0, 0.1) is 0 Å². The molecule has 2 heteroatoms. The highest BCUT2D eigenvalue weighted by Crippen LogP contribution is 2.20. The van der Waals surface area contributed by atoms with Crippen molar-refractivity contribution in [2.24, 2.45) is 0 Å². The molecule has 0 aromatic heterocycles. The first-order valence-corrected chi connectivity index (χ1v) is 7.95. The maximum atomic E-state index is 2.28. The fourth-order valence-corrected chi connectivity index (χ4v) is 3.77. The lowest BCUT2D eigenvalue weighted by atomic mass is 10.4. The molecule has 0 saturated heterocycles. The molecule has 0 aliphatic heterocycles. The molecule has 1 aromatic rings. The second-order valence-electron chi connectivity index (χ2n) is 3.08. The molecular formula is C10H16S2+2. The van der Waals surface area contributed by atoms with Gasteiger partial charge in [-0.25, -0.2) is 0 Å². The first-order valence-electron chi connectivity index (χ1n) is 3.87. The molecule has 0 aliphatic carbocycles. The molecule has 1 aromatic carbocycles. The summed E-state index contributed by atoms with van der Waals surface area (Å²) in [6.45, 7) is 0. The molecule has 66 valence electrons. The molecule has 0 N–H and O–H groups in total. The van der Waals surface area contributed by atoms with Gasteiger partial charge in [0.15, 0.2) is 0 Å². The first kappa shape index (κ1) is 10.0. The molecule has 0 radical (unpaired) electrons. The summed E-state index contributed by atoms with van der Waals surface area (Å²) in [5.41, 5.74) is 0. The number of hydrogen-bond acceptors (Lipinski definition) is 0. The summed E-state index contributed by atoms with van der Waals surface area (Å²) in [4.78, 5) is 3.07. The molecule has 0 aliphatic rings. The molecule has 12 heavy (non-hydrogen) atoms. The lowest BCUT2D eigenvalue weighted by Crippen LogP contribution is -2.05. The van der Waals surface area contributed by atoms with Crippen molar-refractivity contribution in [2.45, 2.75) is 9.79 Å². The van der Waals surface area contributed by atoms with Crippen LogP contribution in [-0.2, 0) is 21.8 Å². The van der Waals surface area contributed by atoms with Crippen LogP contribution in [0.1, 0.15) is 0 Å². The van der Waals surface area contributed by atoms with Gasteiger partial charge in [0.1, 0.15) is 25.0 Å². The molecule has 0 saturated carbocycles. The molecule has 1 rings (SSSR count). The predicted molar refractivity (Wildman–Crippen MR) is 61.4 cm³/mol. The van der Waals surface area contributed by atoms with Crippen LogP contribution in [0.5, 0.6) is 0 Å². The van der Waals surface area contributed by atoms with Crippen molar-refractivity contribution >= 4 is 21.8 Å². The van der Waals surface area contributed by atoms with Crippen LogP contribution in [0.2, 0.25) is 0 Å². The van der Waals surface area contributed by atoms with Crippen molar-refractivity contribution in [2.75, 3.05) is 25.0 Å². The monoisotopic (exact) mass is 200 g/mol. The Bertz CT molecular complexity index is 227. The topological polar surface area (TPSA) is 0 Å². The largest absolute Gasteiger partial charge is 0.209 e. The lowest BCUT2D eigenvalue weighted by molar-refractivity contribution is 1.23. The second-order valence-corrected chi connectivity index (χ2v) is 7.23. The van der Waals surface area contributed by atoms with Gasteiger partial charge in [0, 0.05) is 21.8 Å². The summed E-state index contributed by atoms with van der Waals surface area (Å²) in [5.74, 6) is 0. The minimum atomic E-state index is 0.396. The Morgan fingerprint density at radius 2 is 1.08 bits per heavy atom. The molecule has 0 heterocycles. The maximum Gasteiger partial charge on any atom is 0.209 e. The Morgan fingerprint density at radius 3 is 1.33 bits per heavy atom. The van der Waals surface area contributed by atoms with Crippen molar-refractivity contribution in [1.29, 1.82) is 0 Å². The van der Waals surface area contributed by atoms with Crippen LogP contribution in [0.3, 0.4) is 0 Å². The van der Waals surface area contributed by atoms with E-state index in [0.29, 0.717) is 21.8 Å². The van der Waals surface area contributed by atoms with Crippen LogP contribution < -0.4 is 0 Å². The first-order chi connectivity index (χ1) is 5.63. The Morgan fingerprint density at radius 1 is 0.750 bits per heavy atom. The average molecular weight is 200 g/mol. The van der Waals surface area contributed by atoms with E-state index in [2.05, 4.69) is 49.3 Å². The van der Waals surface area contributed by atoms with Crippen molar-refractivity contribution in [3.63, 3.8) is 0 Å². The van der Waals surface area contributed by atoms with Crippen molar-refractivity contribution < 1.29 is 0 Å². The van der Waals surface area contributed by atoms with E-state index in [1.54, 1.807) is 0 Å². The third-order valence-corrected chi connectivity index (χ3v) is 4.33. The molecule has 0 unspecified atom stereocenters. The van der Waals surface area contributed by atoms with Gasteiger partial charge < -0.3 is 0 Å². The fourth-order valence-electron chi connectivity index (χ4n) is 1.12. The quantitative estimate of drug-likeness (QED) is 0.642. The summed E-state index contributed by atoms with van der Waals surface area (Å²) in [7, 11) is 0.792. The van der Waals surface area contributed by atoms with Crippen LogP contribution in [0.4, 0.5) is 0 Å². The Kier molecular flexibility index (Phi) is 3.53. The Labute approximate surface area is 81.1 Å². The molecule has 0 bridgehead atoms. The van der Waals surface area contributed by atoms with E-state index in [1.165, 1.54) is 9.79 Å². The van der Waals surface area contributed by atoms with E-state index < -0.39 is 0 Å². The third-order valence-electron chi connectivity index (χ3n) is 1.73. The highest BCUT2D eigenvalue weighted by Gasteiger charge is 2.22. The van der Waals surface area contributed by atoms with Crippen molar-refractivity contribution in [1.82, 2.24) is 0 Å². The van der Waals surface area contributed by atoms with Crippen molar-refractivity contribution in [3.8, 4) is 0 Å². The zero-order valence-corrected chi connectivity index (χ0v) is 9.76. The van der Waals surface area contributed by atoms with Gasteiger partial charge in [-0.1, -0.05) is 12.1 Å². The lowest BCUT2D eigenvalue weighted by Gasteiger charge is -2.00. The summed E-state index contributed by atoms with van der Waals surface area (Å²) >= 11 is 0. The van der Waals surface area contributed by atoms with E-state index in [4.69, 9.17) is 0 Å². The SMILES string of the molecule is C[S+](C)c1ccccc1[S+](C)C. The molecular weight excluding hydrogens is 184 g/mol. The highest BCUT2D eigenvalue weighted by atomic mass is 32.2. The molecule has 0 fully saturated rings. The standard InChI is InChI=1S/C10H16S2/c1-11(2)9-7-5-6-8-10(9)12(3)4/h5-8H,1-4H3/q+2. The molecule has 0 nitrogen and oxygen atoms in total. The normalized spacial score (nSPS) is 11.2. The van der Waals surface area contributed by atoms with Crippen LogP contribution in [0.25, 0.3) is 0 Å². The van der Waals surface area contributed by atoms with Gasteiger partial charge in [-0.3, -0.25) is 0 Å². The highest BCUT2D eigenvalue weighted by molar-refractivity contribution is 7.98. The maximum absolute atomic E-state index is 2.28. The number of benzene rings is 1. The molecule has 0 spiro atoms. The summed E-state index contributed by atoms with van der Waals surface area (Å²) in [5, 5.41) is 0. The Balaban J connectivity index is 3.09. The average Bonchev–Trinajstić information content (AvgIpc) is 2.04. The number of hydrogen-bond donors (Lipinski definition) is 0. The minimum absolute atomic E-state index is 0.396. The zero-order chi connectivity index (χ0) is 9.14.